The van der Waals surface area contributed by atoms with Crippen LogP contribution in [-0.4, -0.2) is 10.2 Å². The summed E-state index contributed by atoms with van der Waals surface area (Å²) >= 11 is 11.8. The number of nitrogens with one attached hydrogen (secondary N) is 1. The minimum absolute atomic E-state index is 0.0696. The number of fused-ring (bicyclic) bond motifs is 1. The molecule has 7 heteroatoms. The van der Waals surface area contributed by atoms with E-state index < -0.39 is 11.6 Å². The molecule has 0 atom stereocenters. The molecule has 0 aliphatic heterocycles. The summed E-state index contributed by atoms with van der Waals surface area (Å²) in [6, 6.07) is 8.85. The topological polar surface area (TPSA) is 37.8 Å². The molecule has 1 heterocycles. The fourth-order valence-electron chi connectivity index (χ4n) is 1.94. The first-order valence-electron chi connectivity index (χ1n) is 5.89. The Hall–Kier alpha value is -1.98. The maximum Gasteiger partial charge on any atom is 0.161 e. The first kappa shape index (κ1) is 14.0. The summed E-state index contributed by atoms with van der Waals surface area (Å²) < 4.78 is 26.9. The van der Waals surface area contributed by atoms with Gasteiger partial charge in [0.15, 0.2) is 16.8 Å². The molecule has 2 aromatic carbocycles. The van der Waals surface area contributed by atoms with Crippen molar-refractivity contribution < 1.29 is 8.78 Å². The fraction of sp³-hybridized carbons (Fsp3) is 0. The molecule has 0 aliphatic rings. The van der Waals surface area contributed by atoms with Crippen LogP contribution in [0.2, 0.25) is 10.2 Å². The lowest BCUT2D eigenvalue weighted by molar-refractivity contribution is 0.586. The van der Waals surface area contributed by atoms with E-state index >= 15 is 0 Å². The van der Waals surface area contributed by atoms with Crippen molar-refractivity contribution in [3.63, 3.8) is 0 Å². The van der Waals surface area contributed by atoms with Crippen molar-refractivity contribution in [3.8, 4) is 0 Å². The highest BCUT2D eigenvalue weighted by atomic mass is 35.5. The summed E-state index contributed by atoms with van der Waals surface area (Å²) in [6.45, 7) is 0. The van der Waals surface area contributed by atoms with E-state index in [4.69, 9.17) is 23.2 Å². The summed E-state index contributed by atoms with van der Waals surface area (Å²) in [4.78, 5) is 0. The van der Waals surface area contributed by atoms with E-state index in [1.807, 2.05) is 0 Å². The Morgan fingerprint density at radius 1 is 0.952 bits per heavy atom. The van der Waals surface area contributed by atoms with Gasteiger partial charge in [-0.3, -0.25) is 0 Å². The van der Waals surface area contributed by atoms with Gasteiger partial charge in [0, 0.05) is 16.8 Å². The van der Waals surface area contributed by atoms with E-state index in [0.717, 1.165) is 12.1 Å². The lowest BCUT2D eigenvalue weighted by Crippen LogP contribution is -2.00. The second-order valence-corrected chi connectivity index (χ2v) is 5.02. The number of nitrogens with zero attached hydrogens (tertiary/aromatic N) is 2. The van der Waals surface area contributed by atoms with E-state index in [2.05, 4.69) is 15.5 Å². The minimum Gasteiger partial charge on any atom is -0.335 e. The number of rotatable bonds is 2. The van der Waals surface area contributed by atoms with Crippen molar-refractivity contribution in [1.29, 1.82) is 0 Å². The van der Waals surface area contributed by atoms with Crippen LogP contribution in [-0.2, 0) is 0 Å². The third kappa shape index (κ3) is 2.62. The molecule has 3 aromatic rings. The summed E-state index contributed by atoms with van der Waals surface area (Å²) in [5.74, 6) is -1.29. The first-order chi connectivity index (χ1) is 10.1. The molecular formula is C14H7Cl2F2N3. The number of benzene rings is 2. The number of halogens is 4. The molecule has 1 N–H and O–H groups in total. The van der Waals surface area contributed by atoms with Gasteiger partial charge in [-0.2, -0.15) is 0 Å². The monoisotopic (exact) mass is 325 g/mol. The van der Waals surface area contributed by atoms with Crippen molar-refractivity contribution in [1.82, 2.24) is 10.2 Å². The van der Waals surface area contributed by atoms with Gasteiger partial charge in [0.1, 0.15) is 5.82 Å². The highest BCUT2D eigenvalue weighted by molar-refractivity contribution is 6.35. The van der Waals surface area contributed by atoms with Crippen LogP contribution in [0.3, 0.4) is 0 Å². The van der Waals surface area contributed by atoms with Crippen molar-refractivity contribution >= 4 is 45.5 Å². The van der Waals surface area contributed by atoms with Gasteiger partial charge in [-0.05, 0) is 6.07 Å². The van der Waals surface area contributed by atoms with E-state index in [-0.39, 0.29) is 21.7 Å². The molecule has 0 unspecified atom stereocenters. The predicted octanol–water partition coefficient (Wildman–Crippen LogP) is 4.96. The zero-order valence-electron chi connectivity index (χ0n) is 10.4. The molecule has 3 rings (SSSR count). The second-order valence-electron chi connectivity index (χ2n) is 4.25. The predicted molar refractivity (Wildman–Crippen MR) is 79.2 cm³/mol. The fourth-order valence-corrected chi connectivity index (χ4v) is 2.39. The minimum atomic E-state index is -0.819. The molecule has 0 bridgehead atoms. The van der Waals surface area contributed by atoms with Crippen LogP contribution < -0.4 is 5.32 Å². The normalized spacial score (nSPS) is 10.9. The molecule has 0 radical (unpaired) electrons. The Morgan fingerprint density at radius 3 is 2.38 bits per heavy atom. The van der Waals surface area contributed by atoms with Crippen LogP contribution in [0.25, 0.3) is 10.8 Å². The molecule has 0 saturated carbocycles. The SMILES string of the molecule is Fc1cc(F)c(Nc2nnc(Cl)c3ccccc23)c(Cl)c1. The van der Waals surface area contributed by atoms with E-state index in [9.17, 15) is 8.78 Å². The molecule has 106 valence electrons. The Labute approximate surface area is 128 Å². The van der Waals surface area contributed by atoms with Crippen LogP contribution in [0.1, 0.15) is 0 Å². The van der Waals surface area contributed by atoms with Gasteiger partial charge in [-0.15, -0.1) is 10.2 Å². The lowest BCUT2D eigenvalue weighted by Gasteiger charge is -2.11. The average molecular weight is 326 g/mol. The third-order valence-electron chi connectivity index (χ3n) is 2.89. The van der Waals surface area contributed by atoms with Gasteiger partial charge >= 0.3 is 0 Å². The smallest absolute Gasteiger partial charge is 0.161 e. The average Bonchev–Trinajstić information content (AvgIpc) is 2.45. The van der Waals surface area contributed by atoms with Gasteiger partial charge in [0.05, 0.1) is 10.7 Å². The number of hydrogen-bond donors (Lipinski definition) is 1. The van der Waals surface area contributed by atoms with Gasteiger partial charge in [0.25, 0.3) is 0 Å². The summed E-state index contributed by atoms with van der Waals surface area (Å²) in [5.41, 5.74) is -0.0696. The Balaban J connectivity index is 2.13. The summed E-state index contributed by atoms with van der Waals surface area (Å²) in [6.07, 6.45) is 0. The van der Waals surface area contributed by atoms with Crippen LogP contribution in [0.15, 0.2) is 36.4 Å². The third-order valence-corrected chi connectivity index (χ3v) is 3.47. The second kappa shape index (κ2) is 5.42. The molecule has 0 aliphatic carbocycles. The highest BCUT2D eigenvalue weighted by Gasteiger charge is 2.13. The molecule has 0 amide bonds. The van der Waals surface area contributed by atoms with Crippen LogP contribution >= 0.6 is 23.2 Å². The van der Waals surface area contributed by atoms with Gasteiger partial charge in [-0.1, -0.05) is 47.5 Å². The largest absolute Gasteiger partial charge is 0.335 e. The standard InChI is InChI=1S/C14H7Cl2F2N3/c15-10-5-7(17)6-11(18)12(10)19-14-9-4-2-1-3-8(9)13(16)20-21-14/h1-6H,(H,19,21). The Morgan fingerprint density at radius 2 is 1.67 bits per heavy atom. The summed E-state index contributed by atoms with van der Waals surface area (Å²) in [5, 5.41) is 11.9. The quantitative estimate of drug-likeness (QED) is 0.723. The molecule has 0 fully saturated rings. The molecule has 1 aromatic heterocycles. The number of hydrogen-bond acceptors (Lipinski definition) is 3. The zero-order chi connectivity index (χ0) is 15.0. The molecule has 0 spiro atoms. The zero-order valence-corrected chi connectivity index (χ0v) is 11.9. The Kier molecular flexibility index (Phi) is 3.61. The summed E-state index contributed by atoms with van der Waals surface area (Å²) in [7, 11) is 0. The van der Waals surface area contributed by atoms with Crippen LogP contribution in [0, 0.1) is 11.6 Å². The van der Waals surface area contributed by atoms with Crippen molar-refractivity contribution in [3.05, 3.63) is 58.2 Å². The van der Waals surface area contributed by atoms with E-state index in [0.29, 0.717) is 10.8 Å². The maximum atomic E-state index is 13.8. The maximum absolute atomic E-state index is 13.8. The molecular weight excluding hydrogens is 319 g/mol. The van der Waals surface area contributed by atoms with Gasteiger partial charge in [-0.25, -0.2) is 8.78 Å². The van der Waals surface area contributed by atoms with E-state index in [1.165, 1.54) is 0 Å². The lowest BCUT2D eigenvalue weighted by atomic mass is 10.2. The van der Waals surface area contributed by atoms with Crippen LogP contribution in [0.5, 0.6) is 0 Å². The highest BCUT2D eigenvalue weighted by Crippen LogP contribution is 2.32. The molecule has 3 nitrogen and oxygen atoms in total. The van der Waals surface area contributed by atoms with Crippen LogP contribution in [0.4, 0.5) is 20.3 Å². The number of anilines is 2. The Bertz CT molecular complexity index is 817. The van der Waals surface area contributed by atoms with Crippen molar-refractivity contribution in [2.24, 2.45) is 0 Å². The van der Waals surface area contributed by atoms with Crippen molar-refractivity contribution in [2.75, 3.05) is 5.32 Å². The molecule has 0 saturated heterocycles. The van der Waals surface area contributed by atoms with Crippen molar-refractivity contribution in [2.45, 2.75) is 0 Å². The van der Waals surface area contributed by atoms with E-state index in [1.54, 1.807) is 24.3 Å². The van der Waals surface area contributed by atoms with Gasteiger partial charge in [0.2, 0.25) is 0 Å². The first-order valence-corrected chi connectivity index (χ1v) is 6.64. The molecule has 21 heavy (non-hydrogen) atoms. The number of aromatic nitrogens is 2. The van der Waals surface area contributed by atoms with Gasteiger partial charge < -0.3 is 5.32 Å².